The summed E-state index contributed by atoms with van der Waals surface area (Å²) in [5.74, 6) is 0.159. The molecular formula is C26H35N3O6S. The van der Waals surface area contributed by atoms with E-state index < -0.39 is 28.5 Å². The van der Waals surface area contributed by atoms with Crippen molar-refractivity contribution in [3.8, 4) is 11.5 Å². The van der Waals surface area contributed by atoms with E-state index >= 15 is 0 Å². The summed E-state index contributed by atoms with van der Waals surface area (Å²) >= 11 is 0. The Kier molecular flexibility index (Phi) is 9.19. The zero-order chi connectivity index (χ0) is 26.3. The van der Waals surface area contributed by atoms with Crippen molar-refractivity contribution in [3.05, 3.63) is 53.6 Å². The first-order valence-corrected chi connectivity index (χ1v) is 13.9. The number of ether oxygens (including phenoxy) is 2. The molecule has 0 aromatic heterocycles. The molecule has 1 N–H and O–H groups in total. The second-order valence-corrected chi connectivity index (χ2v) is 10.8. The lowest BCUT2D eigenvalue weighted by molar-refractivity contribution is -0.139. The second-order valence-electron chi connectivity index (χ2n) is 8.93. The fraction of sp³-hybridized carbons (Fsp3) is 0.462. The highest BCUT2D eigenvalue weighted by atomic mass is 32.2. The lowest BCUT2D eigenvalue weighted by Crippen LogP contribution is -2.51. The zero-order valence-corrected chi connectivity index (χ0v) is 22.1. The molecule has 0 saturated heterocycles. The summed E-state index contributed by atoms with van der Waals surface area (Å²) < 4.78 is 37.6. The van der Waals surface area contributed by atoms with Crippen LogP contribution in [-0.2, 0) is 26.2 Å². The molecular weight excluding hydrogens is 482 g/mol. The molecule has 1 aliphatic heterocycles. The van der Waals surface area contributed by atoms with Gasteiger partial charge in [0.15, 0.2) is 11.5 Å². The fourth-order valence-electron chi connectivity index (χ4n) is 3.81. The Bertz CT molecular complexity index is 1170. The van der Waals surface area contributed by atoms with E-state index in [2.05, 4.69) is 5.32 Å². The van der Waals surface area contributed by atoms with Gasteiger partial charge in [-0.1, -0.05) is 43.2 Å². The molecule has 0 bridgehead atoms. The minimum Gasteiger partial charge on any atom is -0.486 e. The van der Waals surface area contributed by atoms with Crippen molar-refractivity contribution < 1.29 is 27.5 Å². The number of benzene rings is 2. The maximum absolute atomic E-state index is 13.6. The van der Waals surface area contributed by atoms with Gasteiger partial charge in [-0.25, -0.2) is 8.42 Å². The SMILES string of the molecule is CCCCNC(=O)[C@@H](C)N(Cc1ccc(C)cc1)C(=O)CN(c1ccc2c(c1)OCCO2)S(C)(=O)=O. The third-order valence-corrected chi connectivity index (χ3v) is 7.10. The highest BCUT2D eigenvalue weighted by Gasteiger charge is 2.30. The third-order valence-electron chi connectivity index (χ3n) is 5.96. The number of amides is 2. The van der Waals surface area contributed by atoms with Gasteiger partial charge in [-0.15, -0.1) is 0 Å². The molecule has 0 unspecified atom stereocenters. The van der Waals surface area contributed by atoms with E-state index in [0.29, 0.717) is 31.3 Å². The van der Waals surface area contributed by atoms with Crippen LogP contribution in [-0.4, -0.2) is 63.7 Å². The molecule has 196 valence electrons. The van der Waals surface area contributed by atoms with Gasteiger partial charge in [-0.2, -0.15) is 0 Å². The van der Waals surface area contributed by atoms with Gasteiger partial charge in [0.2, 0.25) is 21.8 Å². The molecule has 1 heterocycles. The van der Waals surface area contributed by atoms with E-state index in [1.54, 1.807) is 25.1 Å². The molecule has 0 spiro atoms. The predicted octanol–water partition coefficient (Wildman–Crippen LogP) is 2.87. The van der Waals surface area contributed by atoms with Crippen LogP contribution in [0.25, 0.3) is 0 Å². The van der Waals surface area contributed by atoms with Crippen molar-refractivity contribution in [2.75, 3.05) is 36.9 Å². The Morgan fingerprint density at radius 2 is 1.72 bits per heavy atom. The largest absolute Gasteiger partial charge is 0.486 e. The maximum atomic E-state index is 13.6. The first-order valence-electron chi connectivity index (χ1n) is 12.1. The van der Waals surface area contributed by atoms with E-state index in [9.17, 15) is 18.0 Å². The van der Waals surface area contributed by atoms with Crippen molar-refractivity contribution in [3.63, 3.8) is 0 Å². The van der Waals surface area contributed by atoms with Crippen LogP contribution >= 0.6 is 0 Å². The predicted molar refractivity (Wildman–Crippen MR) is 139 cm³/mol. The van der Waals surface area contributed by atoms with E-state index in [1.807, 2.05) is 38.1 Å². The van der Waals surface area contributed by atoms with E-state index in [0.717, 1.165) is 34.5 Å². The summed E-state index contributed by atoms with van der Waals surface area (Å²) in [6.07, 6.45) is 2.80. The Hall–Kier alpha value is -3.27. The monoisotopic (exact) mass is 517 g/mol. The standard InChI is InChI=1S/C26H35N3O6S/c1-5-6-13-27-26(31)20(3)28(17-21-9-7-19(2)8-10-21)25(30)18-29(36(4,32)33)22-11-12-23-24(16-22)35-15-14-34-23/h7-12,16,20H,5-6,13-15,17-18H2,1-4H3,(H,27,31)/t20-/m1/s1. The van der Waals surface area contributed by atoms with E-state index in [1.165, 1.54) is 4.90 Å². The van der Waals surface area contributed by atoms with Gasteiger partial charge in [-0.05, 0) is 38.0 Å². The molecule has 0 saturated carbocycles. The van der Waals surface area contributed by atoms with Crippen molar-refractivity contribution >= 4 is 27.5 Å². The molecule has 2 aromatic rings. The number of aryl methyl sites for hydroxylation is 1. The molecule has 1 aliphatic rings. The normalized spacial score (nSPS) is 13.6. The number of nitrogens with one attached hydrogen (secondary N) is 1. The number of hydrogen-bond donors (Lipinski definition) is 1. The fourth-order valence-corrected chi connectivity index (χ4v) is 4.65. The number of hydrogen-bond acceptors (Lipinski definition) is 6. The van der Waals surface area contributed by atoms with Gasteiger partial charge in [0.25, 0.3) is 0 Å². The van der Waals surface area contributed by atoms with Gasteiger partial charge in [0.1, 0.15) is 25.8 Å². The van der Waals surface area contributed by atoms with E-state index in [4.69, 9.17) is 9.47 Å². The average Bonchev–Trinajstić information content (AvgIpc) is 2.85. The molecule has 1 atom stereocenters. The Morgan fingerprint density at radius 3 is 2.36 bits per heavy atom. The van der Waals surface area contributed by atoms with Crippen molar-refractivity contribution in [1.82, 2.24) is 10.2 Å². The lowest BCUT2D eigenvalue weighted by Gasteiger charge is -2.31. The van der Waals surface area contributed by atoms with Crippen LogP contribution in [0.15, 0.2) is 42.5 Å². The van der Waals surface area contributed by atoms with Crippen LogP contribution in [0.4, 0.5) is 5.69 Å². The lowest BCUT2D eigenvalue weighted by atomic mass is 10.1. The maximum Gasteiger partial charge on any atom is 0.244 e. The average molecular weight is 518 g/mol. The number of anilines is 1. The molecule has 2 amide bonds. The topological polar surface area (TPSA) is 105 Å². The molecule has 2 aromatic carbocycles. The third kappa shape index (κ3) is 7.13. The Labute approximate surface area is 213 Å². The Morgan fingerprint density at radius 1 is 1.06 bits per heavy atom. The minimum absolute atomic E-state index is 0.167. The first-order chi connectivity index (χ1) is 17.1. The quantitative estimate of drug-likeness (QED) is 0.460. The van der Waals surface area contributed by atoms with E-state index in [-0.39, 0.29) is 18.1 Å². The van der Waals surface area contributed by atoms with Crippen molar-refractivity contribution in [1.29, 1.82) is 0 Å². The molecule has 0 radical (unpaired) electrons. The summed E-state index contributed by atoms with van der Waals surface area (Å²) in [6, 6.07) is 11.6. The first kappa shape index (κ1) is 27.3. The number of rotatable bonds is 11. The van der Waals surface area contributed by atoms with Gasteiger partial charge >= 0.3 is 0 Å². The van der Waals surface area contributed by atoms with Gasteiger partial charge in [0.05, 0.1) is 11.9 Å². The van der Waals surface area contributed by atoms with Crippen LogP contribution in [0.3, 0.4) is 0 Å². The van der Waals surface area contributed by atoms with Crippen molar-refractivity contribution in [2.45, 2.75) is 46.2 Å². The molecule has 10 heteroatoms. The highest BCUT2D eigenvalue weighted by molar-refractivity contribution is 7.92. The van der Waals surface area contributed by atoms with Crippen molar-refractivity contribution in [2.24, 2.45) is 0 Å². The zero-order valence-electron chi connectivity index (χ0n) is 21.3. The molecule has 3 rings (SSSR count). The van der Waals surface area contributed by atoms with Crippen LogP contribution < -0.4 is 19.1 Å². The number of nitrogens with zero attached hydrogens (tertiary/aromatic N) is 2. The number of sulfonamides is 1. The highest BCUT2D eigenvalue weighted by Crippen LogP contribution is 2.34. The number of carbonyl (C=O) groups is 2. The van der Waals surface area contributed by atoms with Gasteiger partial charge < -0.3 is 19.7 Å². The van der Waals surface area contributed by atoms with Crippen LogP contribution in [0, 0.1) is 6.92 Å². The summed E-state index contributed by atoms with van der Waals surface area (Å²) in [6.45, 7) is 6.63. The summed E-state index contributed by atoms with van der Waals surface area (Å²) in [5.41, 5.74) is 2.20. The van der Waals surface area contributed by atoms with Crippen LogP contribution in [0.5, 0.6) is 11.5 Å². The van der Waals surface area contributed by atoms with Gasteiger partial charge in [0, 0.05) is 19.2 Å². The Balaban J connectivity index is 1.88. The van der Waals surface area contributed by atoms with Crippen LogP contribution in [0.1, 0.15) is 37.8 Å². The summed E-state index contributed by atoms with van der Waals surface area (Å²) in [5, 5.41) is 2.87. The second kappa shape index (κ2) is 12.1. The number of unbranched alkanes of at least 4 members (excludes halogenated alkanes) is 1. The minimum atomic E-state index is -3.83. The number of carbonyl (C=O) groups excluding carboxylic acids is 2. The molecule has 9 nitrogen and oxygen atoms in total. The summed E-state index contributed by atoms with van der Waals surface area (Å²) in [4.78, 5) is 27.9. The van der Waals surface area contributed by atoms with Gasteiger partial charge in [-0.3, -0.25) is 13.9 Å². The van der Waals surface area contributed by atoms with Crippen LogP contribution in [0.2, 0.25) is 0 Å². The number of fused-ring (bicyclic) bond motifs is 1. The summed E-state index contributed by atoms with van der Waals surface area (Å²) in [7, 11) is -3.83. The smallest absolute Gasteiger partial charge is 0.244 e. The molecule has 0 fully saturated rings. The molecule has 0 aliphatic carbocycles. The molecule has 36 heavy (non-hydrogen) atoms.